The molecular weight excluding hydrogens is 727 g/mol. The number of fused-ring (bicyclic) bond motifs is 1. The molecule has 16 heteroatoms. The molecule has 1 aromatic carbocycles. The predicted octanol–water partition coefficient (Wildman–Crippen LogP) is 6.63. The molecule has 0 saturated carbocycles. The lowest BCUT2D eigenvalue weighted by Crippen LogP contribution is -2.58. The Labute approximate surface area is 321 Å². The highest BCUT2D eigenvalue weighted by molar-refractivity contribution is 6.76. The summed E-state index contributed by atoms with van der Waals surface area (Å²) in [6, 6.07) is 12.8. The van der Waals surface area contributed by atoms with Gasteiger partial charge in [0.2, 0.25) is 0 Å². The van der Waals surface area contributed by atoms with Crippen molar-refractivity contribution in [3.63, 3.8) is 0 Å². The quantitative estimate of drug-likeness (QED) is 0.100. The molecule has 0 aliphatic carbocycles. The summed E-state index contributed by atoms with van der Waals surface area (Å²) in [6.45, 7) is 13.3. The van der Waals surface area contributed by atoms with Crippen molar-refractivity contribution in [3.05, 3.63) is 66.2 Å². The second-order valence-electron chi connectivity index (χ2n) is 15.4. The van der Waals surface area contributed by atoms with E-state index in [1.54, 1.807) is 18.5 Å². The van der Waals surface area contributed by atoms with Gasteiger partial charge in [0.25, 0.3) is 11.8 Å². The van der Waals surface area contributed by atoms with Crippen LogP contribution in [0.25, 0.3) is 22.3 Å². The summed E-state index contributed by atoms with van der Waals surface area (Å²) in [4.78, 5) is 43.2. The van der Waals surface area contributed by atoms with Gasteiger partial charge < -0.3 is 34.3 Å². The van der Waals surface area contributed by atoms with Gasteiger partial charge in [-0.1, -0.05) is 45.1 Å². The van der Waals surface area contributed by atoms with Crippen LogP contribution in [0.1, 0.15) is 42.2 Å². The Hall–Kier alpha value is -4.51. The molecule has 2 aliphatic rings. The summed E-state index contributed by atoms with van der Waals surface area (Å²) in [5.74, 6) is -2.59. The average molecular weight is 779 g/mol. The third kappa shape index (κ3) is 10.6. The first-order chi connectivity index (χ1) is 26.4. The van der Waals surface area contributed by atoms with Crippen molar-refractivity contribution < 1.29 is 32.6 Å². The fourth-order valence-corrected chi connectivity index (χ4v) is 7.37. The first-order valence-electron chi connectivity index (χ1n) is 19.0. The average Bonchev–Trinajstić information content (AvgIpc) is 3.54. The molecule has 6 rings (SSSR count). The third-order valence-electron chi connectivity index (χ3n) is 9.83. The Morgan fingerprint density at radius 1 is 1.02 bits per heavy atom. The second-order valence-corrected chi connectivity index (χ2v) is 21.0. The zero-order valence-corrected chi connectivity index (χ0v) is 33.2. The van der Waals surface area contributed by atoms with Crippen molar-refractivity contribution in [3.8, 4) is 11.3 Å². The van der Waals surface area contributed by atoms with E-state index in [0.29, 0.717) is 45.2 Å². The molecule has 13 nitrogen and oxygen atoms in total. The number of amides is 2. The number of nitrogens with zero attached hydrogens (tertiary/aromatic N) is 6. The van der Waals surface area contributed by atoms with E-state index in [2.05, 4.69) is 60.8 Å². The van der Waals surface area contributed by atoms with Gasteiger partial charge in [0.15, 0.2) is 0 Å². The number of hydrogen-bond donors (Lipinski definition) is 2. The molecule has 0 spiro atoms. The lowest BCUT2D eigenvalue weighted by molar-refractivity contribution is -0.0839. The van der Waals surface area contributed by atoms with Crippen LogP contribution in [0.2, 0.25) is 25.7 Å². The lowest BCUT2D eigenvalue weighted by atomic mass is 10.0. The number of morpholine rings is 1. The molecule has 2 fully saturated rings. The molecule has 2 amide bonds. The van der Waals surface area contributed by atoms with Crippen LogP contribution in [-0.4, -0.2) is 109 Å². The Bertz CT molecular complexity index is 1920. The van der Waals surface area contributed by atoms with Gasteiger partial charge in [0, 0.05) is 65.7 Å². The van der Waals surface area contributed by atoms with Gasteiger partial charge >= 0.3 is 6.09 Å². The zero-order valence-electron chi connectivity index (χ0n) is 32.2. The minimum atomic E-state index is -3.06. The number of anilines is 2. The fraction of sp³-hybridized carbons (Fsp3) is 0.513. The molecule has 5 heterocycles. The SMILES string of the molecule is CCCCOC(=O)N[C@H]1CN(Cc2ccnc(C(=O)Nc3ccc(-c4cc5c(N6CCOCC6)ncnc5n4COCC[Si](C)(C)C)cc3)c2)CCC1(F)F. The summed E-state index contributed by atoms with van der Waals surface area (Å²) in [5.41, 5.74) is 4.16. The number of likely N-dealkylation sites (tertiary alicyclic amines) is 1. The maximum absolute atomic E-state index is 14.7. The highest BCUT2D eigenvalue weighted by Gasteiger charge is 2.45. The lowest BCUT2D eigenvalue weighted by Gasteiger charge is -2.38. The van der Waals surface area contributed by atoms with E-state index in [1.165, 1.54) is 6.20 Å². The van der Waals surface area contributed by atoms with Gasteiger partial charge in [-0.25, -0.2) is 23.5 Å². The largest absolute Gasteiger partial charge is 0.450 e. The maximum Gasteiger partial charge on any atom is 0.407 e. The van der Waals surface area contributed by atoms with E-state index < -0.39 is 38.5 Å². The molecule has 55 heavy (non-hydrogen) atoms. The van der Waals surface area contributed by atoms with Crippen LogP contribution in [-0.2, 0) is 27.5 Å². The fourth-order valence-electron chi connectivity index (χ4n) is 6.61. The Balaban J connectivity index is 1.13. The minimum Gasteiger partial charge on any atom is -0.450 e. The number of aromatic nitrogens is 4. The minimum absolute atomic E-state index is 0.0588. The van der Waals surface area contributed by atoms with Crippen LogP contribution >= 0.6 is 0 Å². The number of carbonyl (C=O) groups is 2. The van der Waals surface area contributed by atoms with Gasteiger partial charge in [0.1, 0.15) is 36.3 Å². The molecule has 2 saturated heterocycles. The van der Waals surface area contributed by atoms with E-state index in [-0.39, 0.29) is 25.4 Å². The first-order valence-corrected chi connectivity index (χ1v) is 22.8. The number of nitrogens with one attached hydrogen (secondary N) is 2. The van der Waals surface area contributed by atoms with E-state index in [1.807, 2.05) is 36.1 Å². The number of alkyl carbamates (subject to hydrolysis) is 1. The molecule has 1 atom stereocenters. The Morgan fingerprint density at radius 2 is 1.80 bits per heavy atom. The van der Waals surface area contributed by atoms with Crippen LogP contribution in [0.15, 0.2) is 55.0 Å². The summed E-state index contributed by atoms with van der Waals surface area (Å²) in [6.07, 6.45) is 3.38. The molecule has 2 aliphatic heterocycles. The number of hydrogen-bond acceptors (Lipinski definition) is 10. The second kappa shape index (κ2) is 18.0. The maximum atomic E-state index is 14.7. The van der Waals surface area contributed by atoms with E-state index in [4.69, 9.17) is 14.2 Å². The zero-order chi connectivity index (χ0) is 39.0. The van der Waals surface area contributed by atoms with Gasteiger partial charge in [0.05, 0.1) is 30.9 Å². The van der Waals surface area contributed by atoms with Crippen LogP contribution in [0.3, 0.4) is 0 Å². The van der Waals surface area contributed by atoms with E-state index in [0.717, 1.165) is 59.2 Å². The normalized spacial score (nSPS) is 17.6. The number of pyridine rings is 1. The third-order valence-corrected chi connectivity index (χ3v) is 11.5. The first kappa shape index (κ1) is 40.2. The van der Waals surface area contributed by atoms with E-state index >= 15 is 0 Å². The number of ether oxygens (including phenoxy) is 3. The van der Waals surface area contributed by atoms with E-state index in [9.17, 15) is 18.4 Å². The van der Waals surface area contributed by atoms with Gasteiger partial charge in [-0.3, -0.25) is 14.7 Å². The molecule has 4 aromatic rings. The number of alkyl halides is 2. The topological polar surface area (TPSA) is 136 Å². The number of unbranched alkanes of at least 4 members (excludes halogenated alkanes) is 1. The van der Waals surface area contributed by atoms with Crippen LogP contribution in [0.5, 0.6) is 0 Å². The molecule has 0 radical (unpaired) electrons. The van der Waals surface area contributed by atoms with Gasteiger partial charge in [-0.05, 0) is 53.9 Å². The molecule has 296 valence electrons. The summed E-state index contributed by atoms with van der Waals surface area (Å²) in [5, 5.41) is 6.22. The number of piperidine rings is 1. The van der Waals surface area contributed by atoms with Crippen LogP contribution in [0, 0.1) is 0 Å². The van der Waals surface area contributed by atoms with Crippen LogP contribution < -0.4 is 15.5 Å². The molecule has 3 aromatic heterocycles. The number of rotatable bonds is 15. The molecular formula is C39H52F2N8O5Si. The van der Waals surface area contributed by atoms with Crippen molar-refractivity contribution in [1.29, 1.82) is 0 Å². The monoisotopic (exact) mass is 778 g/mol. The van der Waals surface area contributed by atoms with Crippen molar-refractivity contribution >= 4 is 42.6 Å². The highest BCUT2D eigenvalue weighted by Crippen LogP contribution is 2.33. The van der Waals surface area contributed by atoms with Crippen molar-refractivity contribution in [1.82, 2.24) is 29.7 Å². The summed E-state index contributed by atoms with van der Waals surface area (Å²) >= 11 is 0. The number of benzene rings is 1. The van der Waals surface area contributed by atoms with Crippen LogP contribution in [0.4, 0.5) is 25.1 Å². The Kier molecular flexibility index (Phi) is 13.1. The highest BCUT2D eigenvalue weighted by atomic mass is 28.3. The smallest absolute Gasteiger partial charge is 0.407 e. The predicted molar refractivity (Wildman–Crippen MR) is 210 cm³/mol. The molecule has 2 N–H and O–H groups in total. The van der Waals surface area contributed by atoms with Crippen molar-refractivity contribution in [2.75, 3.05) is 62.8 Å². The van der Waals surface area contributed by atoms with Crippen molar-refractivity contribution in [2.45, 2.75) is 77.1 Å². The van der Waals surface area contributed by atoms with Crippen molar-refractivity contribution in [2.24, 2.45) is 0 Å². The number of halogens is 2. The summed E-state index contributed by atoms with van der Waals surface area (Å²) in [7, 11) is -1.28. The van der Waals surface area contributed by atoms with Gasteiger partial charge in [-0.2, -0.15) is 0 Å². The standard InChI is InChI=1S/C39H52F2N8O5Si/c1-5-6-17-54-38(51)46-34-25-47(14-12-39(34,40)41)24-28-11-13-42-32(22-28)37(50)45-30-9-7-29(8-10-30)33-23-31-35(48-15-18-52-19-16-48)43-26-44-36(31)49(33)27-53-20-21-55(2,3)4/h7-11,13,22-23,26,34H,5-6,12,14-21,24-25,27H2,1-4H3,(H,45,50)(H,46,51)/t34-/m0/s1. The number of carbonyl (C=O) groups excluding carboxylic acids is 2. The van der Waals surface area contributed by atoms with Gasteiger partial charge in [-0.15, -0.1) is 0 Å². The Morgan fingerprint density at radius 3 is 2.55 bits per heavy atom. The molecule has 0 unspecified atom stereocenters. The molecule has 0 bridgehead atoms. The summed E-state index contributed by atoms with van der Waals surface area (Å²) < 4.78 is 48.3.